The Morgan fingerprint density at radius 3 is 1.54 bits per heavy atom. The Kier molecular flexibility index (Phi) is 18.2. The molecule has 0 saturated carbocycles. The lowest BCUT2D eigenvalue weighted by molar-refractivity contribution is -0.122. The van der Waals surface area contributed by atoms with E-state index < -0.39 is 15.6 Å². The Balaban J connectivity index is 0.953. The van der Waals surface area contributed by atoms with E-state index in [1.165, 1.54) is 45.5 Å². The van der Waals surface area contributed by atoms with E-state index in [1.54, 1.807) is 7.11 Å². The first-order chi connectivity index (χ1) is 36.3. The molecule has 10 heteroatoms. The van der Waals surface area contributed by atoms with Gasteiger partial charge in [-0.05, 0) is 89.2 Å². The molecule has 0 spiro atoms. The number of rotatable bonds is 24. The molecule has 2 fully saturated rings. The van der Waals surface area contributed by atoms with Gasteiger partial charge in [-0.25, -0.2) is 4.39 Å². The lowest BCUT2D eigenvalue weighted by Crippen LogP contribution is -2.53. The number of aliphatic hydroxyl groups excluding tert-OH is 1. The van der Waals surface area contributed by atoms with E-state index in [9.17, 15) is 14.3 Å². The average Bonchev–Trinajstić information content (AvgIpc) is 3.67. The predicted molar refractivity (Wildman–Crippen MR) is 304 cm³/mol. The number of thioether (sulfide) groups is 2. The van der Waals surface area contributed by atoms with E-state index in [-0.39, 0.29) is 42.2 Å². The highest BCUT2D eigenvalue weighted by molar-refractivity contribution is 8.00. The molecule has 2 aliphatic rings. The van der Waals surface area contributed by atoms with Gasteiger partial charge in [0.1, 0.15) is 12.9 Å². The molecule has 0 aromatic heterocycles. The molecule has 382 valence electrons. The zero-order chi connectivity index (χ0) is 51.2. The van der Waals surface area contributed by atoms with Crippen LogP contribution in [0.4, 0.5) is 4.39 Å². The number of hydrogen-bond acceptors (Lipinski definition) is 8. The predicted octanol–water partition coefficient (Wildman–Crippen LogP) is 12.4. The summed E-state index contributed by atoms with van der Waals surface area (Å²) in [6.07, 6.45) is 2.45. The molecule has 2 unspecified atom stereocenters. The summed E-state index contributed by atoms with van der Waals surface area (Å²) in [6, 6.07) is 71.3. The van der Waals surface area contributed by atoms with Crippen molar-refractivity contribution in [1.82, 2.24) is 15.1 Å². The number of oxime groups is 1. The first-order valence-corrected chi connectivity index (χ1v) is 28.2. The molecule has 2 bridgehead atoms. The van der Waals surface area contributed by atoms with Crippen LogP contribution in [-0.2, 0) is 19.1 Å². The van der Waals surface area contributed by atoms with Gasteiger partial charge in [0, 0.05) is 49.1 Å². The fraction of sp³-hybridized carbons (Fsp3) is 0.312. The van der Waals surface area contributed by atoms with Crippen molar-refractivity contribution in [3.63, 3.8) is 0 Å². The van der Waals surface area contributed by atoms with E-state index >= 15 is 0 Å². The molecule has 0 aliphatic carbocycles. The molecule has 1 amide bonds. The number of carbonyl (C=O) groups excluding carboxylic acids is 1. The van der Waals surface area contributed by atoms with Crippen LogP contribution >= 0.6 is 23.5 Å². The van der Waals surface area contributed by atoms with Crippen LogP contribution in [-0.4, -0.2) is 96.1 Å². The number of aliphatic hydroxyl groups is 1. The molecule has 2 saturated heterocycles. The maximum Gasteiger partial charge on any atom is 0.234 e. The van der Waals surface area contributed by atoms with E-state index in [4.69, 9.17) is 4.84 Å². The summed E-state index contributed by atoms with van der Waals surface area (Å²) in [6.45, 7) is 4.99. The first-order valence-electron chi connectivity index (χ1n) is 26.2. The maximum absolute atomic E-state index is 14.4. The minimum absolute atomic E-state index is 0.000178. The van der Waals surface area contributed by atoms with Gasteiger partial charge in [0.15, 0.2) is 0 Å². The molecule has 2 aliphatic heterocycles. The van der Waals surface area contributed by atoms with Crippen molar-refractivity contribution in [2.45, 2.75) is 66.2 Å². The van der Waals surface area contributed by atoms with Crippen molar-refractivity contribution in [1.29, 1.82) is 0 Å². The van der Waals surface area contributed by atoms with Gasteiger partial charge in [-0.1, -0.05) is 206 Å². The maximum atomic E-state index is 14.4. The molecule has 5 atom stereocenters. The van der Waals surface area contributed by atoms with Gasteiger partial charge in [-0.15, -0.1) is 23.5 Å². The first kappa shape index (κ1) is 52.8. The highest BCUT2D eigenvalue weighted by Gasteiger charge is 2.53. The molecule has 74 heavy (non-hydrogen) atoms. The molecule has 0 radical (unpaired) electrons. The van der Waals surface area contributed by atoms with E-state index in [1.807, 2.05) is 35.7 Å². The monoisotopic (exact) mass is 1020 g/mol. The molecule has 7 aromatic rings. The fourth-order valence-electron chi connectivity index (χ4n) is 11.9. The summed E-state index contributed by atoms with van der Waals surface area (Å²) in [5.74, 6) is 1.17. The minimum Gasteiger partial charge on any atom is -0.399 e. The topological polar surface area (TPSA) is 77.4 Å². The van der Waals surface area contributed by atoms with Crippen LogP contribution in [0.1, 0.15) is 77.5 Å². The van der Waals surface area contributed by atoms with Crippen molar-refractivity contribution in [2.75, 3.05) is 51.3 Å². The summed E-state index contributed by atoms with van der Waals surface area (Å²) in [5, 5.41) is 19.7. The van der Waals surface area contributed by atoms with Crippen LogP contribution in [0.15, 0.2) is 211 Å². The second-order valence-corrected chi connectivity index (χ2v) is 22.1. The highest BCUT2D eigenvalue weighted by atomic mass is 32.2. The number of halogens is 1. The lowest BCUT2D eigenvalue weighted by atomic mass is 9.72. The molecular weight excluding hydrogens is 956 g/mol. The zero-order valence-corrected chi connectivity index (χ0v) is 44.2. The SMILES string of the molecule is CCC(=NOC)[C@@H]1C2[C@H](O)CC(C[C@@H]1c1ccc(F)cc1)N2CCCN(CCSC(c1ccccc1)(c1ccccc1)c1ccccc1)CC(=O)NCCSC(c1ccccc1)(c1ccccc1)c1ccccc1. The summed E-state index contributed by atoms with van der Waals surface area (Å²) in [4.78, 5) is 24.6. The summed E-state index contributed by atoms with van der Waals surface area (Å²) < 4.78 is 13.2. The Hall–Kier alpha value is -6.01. The summed E-state index contributed by atoms with van der Waals surface area (Å²) in [7, 11) is 1.58. The molecule has 7 aromatic carbocycles. The third-order valence-electron chi connectivity index (χ3n) is 15.1. The van der Waals surface area contributed by atoms with Crippen molar-refractivity contribution in [2.24, 2.45) is 11.1 Å². The second kappa shape index (κ2) is 25.5. The fourth-order valence-corrected chi connectivity index (χ4v) is 14.9. The Bertz CT molecular complexity index is 2640. The molecule has 7 nitrogen and oxygen atoms in total. The van der Waals surface area contributed by atoms with Crippen LogP contribution in [0.25, 0.3) is 0 Å². The summed E-state index contributed by atoms with van der Waals surface area (Å²) in [5.41, 5.74) is 9.18. The number of hydrogen-bond donors (Lipinski definition) is 2. The number of nitrogens with zero attached hydrogens (tertiary/aromatic N) is 3. The van der Waals surface area contributed by atoms with E-state index in [0.29, 0.717) is 38.2 Å². The third-order valence-corrected chi connectivity index (χ3v) is 18.2. The number of carbonyl (C=O) groups is 1. The zero-order valence-electron chi connectivity index (χ0n) is 42.6. The van der Waals surface area contributed by atoms with Gasteiger partial charge in [0.25, 0.3) is 0 Å². The second-order valence-electron chi connectivity index (χ2n) is 19.5. The van der Waals surface area contributed by atoms with Gasteiger partial charge in [0.05, 0.1) is 27.9 Å². The number of piperidine rings is 1. The standard InChI is InChI=1S/C64H69FN4O3S2/c1-3-58(67-72-2)61-57(48-35-37-55(65)38-36-48)45-56-46-59(70)62(61)69(56)41-22-40-68(42-44-74-64(52-29-16-7-17-30-52,53-31-18-8-19-32-53)54-33-20-9-21-34-54)47-60(71)66-39-43-73-63(49-23-10-4-11-24-49,50-25-12-5-13-26-50)51-27-14-6-15-28-51/h4-21,23-38,56-57,59,61-62,70H,3,22,39-47H2,1-2H3,(H,66,71)/t56?,57-,59-,61-,62?/m1/s1. The molecule has 9 rings (SSSR count). The van der Waals surface area contributed by atoms with Crippen molar-refractivity contribution >= 4 is 35.1 Å². The highest BCUT2D eigenvalue weighted by Crippen LogP contribution is 2.51. The normalized spacial score (nSPS) is 19.1. The average molecular weight is 1030 g/mol. The Labute approximate surface area is 446 Å². The van der Waals surface area contributed by atoms with Gasteiger partial charge in [0.2, 0.25) is 5.91 Å². The van der Waals surface area contributed by atoms with Crippen LogP contribution in [0.2, 0.25) is 0 Å². The lowest BCUT2D eigenvalue weighted by Gasteiger charge is -2.45. The van der Waals surface area contributed by atoms with Gasteiger partial charge in [-0.2, -0.15) is 0 Å². The smallest absolute Gasteiger partial charge is 0.234 e. The van der Waals surface area contributed by atoms with Crippen LogP contribution in [0.3, 0.4) is 0 Å². The number of nitrogens with one attached hydrogen (secondary N) is 1. The van der Waals surface area contributed by atoms with Crippen LogP contribution < -0.4 is 5.32 Å². The van der Waals surface area contributed by atoms with Gasteiger partial charge < -0.3 is 15.3 Å². The minimum atomic E-state index is -0.535. The third kappa shape index (κ3) is 11.8. The van der Waals surface area contributed by atoms with Crippen LogP contribution in [0, 0.1) is 11.7 Å². The van der Waals surface area contributed by atoms with Crippen molar-refractivity contribution in [3.05, 3.63) is 251 Å². The van der Waals surface area contributed by atoms with Crippen LogP contribution in [0.5, 0.6) is 0 Å². The van der Waals surface area contributed by atoms with E-state index in [0.717, 1.165) is 36.4 Å². The van der Waals surface area contributed by atoms with Crippen molar-refractivity contribution < 1.29 is 19.1 Å². The molecule has 2 N–H and O–H groups in total. The number of benzene rings is 7. The summed E-state index contributed by atoms with van der Waals surface area (Å²) >= 11 is 3.77. The Morgan fingerprint density at radius 1 is 0.662 bits per heavy atom. The Morgan fingerprint density at radius 2 is 1.11 bits per heavy atom. The molecule has 2 heterocycles. The van der Waals surface area contributed by atoms with Crippen molar-refractivity contribution in [3.8, 4) is 0 Å². The quantitative estimate of drug-likeness (QED) is 0.0270. The van der Waals surface area contributed by atoms with Gasteiger partial charge >= 0.3 is 0 Å². The van der Waals surface area contributed by atoms with E-state index in [2.05, 4.69) is 209 Å². The molecular formula is C64H69FN4O3S2. The number of amides is 1. The number of fused-ring (bicyclic) bond motifs is 2. The van der Waals surface area contributed by atoms with Gasteiger partial charge in [-0.3, -0.25) is 14.6 Å². The largest absolute Gasteiger partial charge is 0.399 e.